The lowest BCUT2D eigenvalue weighted by molar-refractivity contribution is -0.125. The number of hydrogen-bond acceptors (Lipinski definition) is 2. The van der Waals surface area contributed by atoms with Crippen molar-refractivity contribution in [3.63, 3.8) is 0 Å². The van der Waals surface area contributed by atoms with Gasteiger partial charge in [-0.2, -0.15) is 0 Å². The van der Waals surface area contributed by atoms with Crippen molar-refractivity contribution >= 4 is 21.8 Å². The van der Waals surface area contributed by atoms with E-state index in [1.54, 1.807) is 0 Å². The van der Waals surface area contributed by atoms with E-state index in [1.165, 1.54) is 11.1 Å². The number of carbonyl (C=O) groups excluding carboxylic acids is 1. The number of ether oxygens (including phenoxy) is 1. The van der Waals surface area contributed by atoms with Crippen LogP contribution < -0.4 is 5.32 Å². The summed E-state index contributed by atoms with van der Waals surface area (Å²) < 4.78 is 5.36. The Kier molecular flexibility index (Phi) is 6.54. The van der Waals surface area contributed by atoms with Gasteiger partial charge >= 0.3 is 0 Å². The van der Waals surface area contributed by atoms with E-state index in [9.17, 15) is 4.79 Å². The molecule has 0 saturated heterocycles. The van der Waals surface area contributed by atoms with E-state index in [0.717, 1.165) is 37.6 Å². The average Bonchev–Trinajstić information content (AvgIpc) is 2.50. The smallest absolute Gasteiger partial charge is 0.223 e. The van der Waals surface area contributed by atoms with Gasteiger partial charge in [-0.15, -0.1) is 0 Å². The first-order chi connectivity index (χ1) is 9.81. The Bertz CT molecular complexity index is 436. The van der Waals surface area contributed by atoms with Crippen LogP contribution in [0.1, 0.15) is 24.0 Å². The third kappa shape index (κ3) is 4.60. The summed E-state index contributed by atoms with van der Waals surface area (Å²) in [6.07, 6.45) is 3.73. The van der Waals surface area contributed by atoms with Crippen LogP contribution in [0.5, 0.6) is 0 Å². The number of fused-ring (bicyclic) bond motifs is 1. The maximum absolute atomic E-state index is 12.1. The van der Waals surface area contributed by atoms with Crippen LogP contribution in [0.25, 0.3) is 0 Å². The van der Waals surface area contributed by atoms with Crippen molar-refractivity contribution in [1.82, 2.24) is 5.32 Å². The Balaban J connectivity index is 1.69. The van der Waals surface area contributed by atoms with Crippen molar-refractivity contribution in [2.24, 2.45) is 5.92 Å². The SMILES string of the molecule is O=C(NCCCOCCBr)C1CCc2ccccc2C1. The highest BCUT2D eigenvalue weighted by Gasteiger charge is 2.23. The van der Waals surface area contributed by atoms with Crippen molar-refractivity contribution in [2.45, 2.75) is 25.7 Å². The van der Waals surface area contributed by atoms with Gasteiger partial charge in [0, 0.05) is 24.4 Å². The molecule has 1 atom stereocenters. The Morgan fingerprint density at radius 1 is 1.30 bits per heavy atom. The van der Waals surface area contributed by atoms with Gasteiger partial charge in [0.2, 0.25) is 5.91 Å². The van der Waals surface area contributed by atoms with E-state index in [-0.39, 0.29) is 11.8 Å². The van der Waals surface area contributed by atoms with Gasteiger partial charge in [0.1, 0.15) is 0 Å². The Hall–Kier alpha value is -0.870. The van der Waals surface area contributed by atoms with Crippen molar-refractivity contribution < 1.29 is 9.53 Å². The number of nitrogens with one attached hydrogen (secondary N) is 1. The molecule has 1 amide bonds. The second kappa shape index (κ2) is 8.42. The number of hydrogen-bond donors (Lipinski definition) is 1. The molecular weight excluding hydrogens is 318 g/mol. The first-order valence-corrected chi connectivity index (χ1v) is 8.41. The van der Waals surface area contributed by atoms with Crippen LogP contribution in [-0.2, 0) is 22.4 Å². The van der Waals surface area contributed by atoms with Gasteiger partial charge in [-0.05, 0) is 36.8 Å². The monoisotopic (exact) mass is 339 g/mol. The minimum atomic E-state index is 0.133. The van der Waals surface area contributed by atoms with Crippen molar-refractivity contribution in [2.75, 3.05) is 25.1 Å². The summed E-state index contributed by atoms with van der Waals surface area (Å²) >= 11 is 3.31. The molecule has 1 N–H and O–H groups in total. The standard InChI is InChI=1S/C16H22BrNO2/c17-8-11-20-10-3-9-18-16(19)15-7-6-13-4-1-2-5-14(13)12-15/h1-2,4-5,15H,3,6-12H2,(H,18,19). The van der Waals surface area contributed by atoms with E-state index in [1.807, 2.05) is 0 Å². The fraction of sp³-hybridized carbons (Fsp3) is 0.562. The van der Waals surface area contributed by atoms with Crippen LogP contribution in [0, 0.1) is 5.92 Å². The molecule has 1 aromatic rings. The molecule has 0 bridgehead atoms. The molecule has 0 saturated carbocycles. The van der Waals surface area contributed by atoms with E-state index < -0.39 is 0 Å². The van der Waals surface area contributed by atoms with E-state index in [4.69, 9.17) is 4.74 Å². The number of alkyl halides is 1. The molecule has 0 heterocycles. The number of amides is 1. The van der Waals surface area contributed by atoms with Gasteiger partial charge in [-0.1, -0.05) is 40.2 Å². The molecule has 2 rings (SSSR count). The Morgan fingerprint density at radius 2 is 2.10 bits per heavy atom. The molecule has 0 aromatic heterocycles. The van der Waals surface area contributed by atoms with Gasteiger partial charge < -0.3 is 10.1 Å². The predicted molar refractivity (Wildman–Crippen MR) is 84.2 cm³/mol. The number of rotatable bonds is 7. The molecular formula is C16H22BrNO2. The average molecular weight is 340 g/mol. The van der Waals surface area contributed by atoms with Gasteiger partial charge in [-0.3, -0.25) is 4.79 Å². The highest BCUT2D eigenvalue weighted by atomic mass is 79.9. The lowest BCUT2D eigenvalue weighted by Gasteiger charge is -2.23. The number of halogens is 1. The van der Waals surface area contributed by atoms with E-state index in [0.29, 0.717) is 13.2 Å². The Labute approximate surface area is 129 Å². The molecule has 4 heteroatoms. The summed E-state index contributed by atoms with van der Waals surface area (Å²) in [6.45, 7) is 2.14. The molecule has 1 aliphatic rings. The molecule has 0 fully saturated rings. The van der Waals surface area contributed by atoms with Crippen LogP contribution in [0.4, 0.5) is 0 Å². The molecule has 3 nitrogen and oxygen atoms in total. The van der Waals surface area contributed by atoms with Crippen molar-refractivity contribution in [3.05, 3.63) is 35.4 Å². The largest absolute Gasteiger partial charge is 0.381 e. The molecule has 1 unspecified atom stereocenters. The minimum Gasteiger partial charge on any atom is -0.381 e. The van der Waals surface area contributed by atoms with Crippen molar-refractivity contribution in [3.8, 4) is 0 Å². The summed E-state index contributed by atoms with van der Waals surface area (Å²) in [5, 5.41) is 3.89. The predicted octanol–water partition coefficient (Wildman–Crippen LogP) is 2.71. The highest BCUT2D eigenvalue weighted by Crippen LogP contribution is 2.25. The topological polar surface area (TPSA) is 38.3 Å². The number of benzene rings is 1. The Morgan fingerprint density at radius 3 is 2.90 bits per heavy atom. The summed E-state index contributed by atoms with van der Waals surface area (Å²) in [6, 6.07) is 8.44. The van der Waals surface area contributed by atoms with Gasteiger partial charge in [-0.25, -0.2) is 0 Å². The highest BCUT2D eigenvalue weighted by molar-refractivity contribution is 9.09. The van der Waals surface area contributed by atoms with Crippen LogP contribution in [0.2, 0.25) is 0 Å². The van der Waals surface area contributed by atoms with Crippen LogP contribution in [0.3, 0.4) is 0 Å². The first kappa shape index (κ1) is 15.5. The second-order valence-corrected chi connectivity index (χ2v) is 5.95. The summed E-state index contributed by atoms with van der Waals surface area (Å²) in [7, 11) is 0. The van der Waals surface area contributed by atoms with Crippen LogP contribution in [0.15, 0.2) is 24.3 Å². The summed E-state index contributed by atoms with van der Waals surface area (Å²) in [4.78, 5) is 12.1. The van der Waals surface area contributed by atoms with Crippen LogP contribution >= 0.6 is 15.9 Å². The normalized spacial score (nSPS) is 17.6. The van der Waals surface area contributed by atoms with Gasteiger partial charge in [0.25, 0.3) is 0 Å². The zero-order valence-corrected chi connectivity index (χ0v) is 13.3. The lowest BCUT2D eigenvalue weighted by atomic mass is 9.83. The first-order valence-electron chi connectivity index (χ1n) is 7.29. The zero-order chi connectivity index (χ0) is 14.2. The molecule has 110 valence electrons. The molecule has 1 aromatic carbocycles. The van der Waals surface area contributed by atoms with Gasteiger partial charge in [0.05, 0.1) is 6.61 Å². The fourth-order valence-corrected chi connectivity index (χ4v) is 2.84. The second-order valence-electron chi connectivity index (χ2n) is 5.15. The maximum atomic E-state index is 12.1. The van der Waals surface area contributed by atoms with Gasteiger partial charge in [0.15, 0.2) is 0 Å². The molecule has 0 radical (unpaired) electrons. The number of carbonyl (C=O) groups is 1. The van der Waals surface area contributed by atoms with E-state index in [2.05, 4.69) is 45.5 Å². The summed E-state index contributed by atoms with van der Waals surface area (Å²) in [5.74, 6) is 0.327. The molecule has 20 heavy (non-hydrogen) atoms. The number of aryl methyl sites for hydroxylation is 1. The summed E-state index contributed by atoms with van der Waals surface area (Å²) in [5.41, 5.74) is 2.74. The maximum Gasteiger partial charge on any atom is 0.223 e. The third-order valence-electron chi connectivity index (χ3n) is 3.70. The molecule has 0 aliphatic heterocycles. The van der Waals surface area contributed by atoms with Crippen molar-refractivity contribution in [1.29, 1.82) is 0 Å². The quantitative estimate of drug-likeness (QED) is 0.612. The van der Waals surface area contributed by atoms with E-state index >= 15 is 0 Å². The minimum absolute atomic E-state index is 0.133. The zero-order valence-electron chi connectivity index (χ0n) is 11.7. The third-order valence-corrected chi connectivity index (χ3v) is 4.03. The van der Waals surface area contributed by atoms with Crippen LogP contribution in [-0.4, -0.2) is 31.0 Å². The molecule has 0 spiro atoms. The lowest BCUT2D eigenvalue weighted by Crippen LogP contribution is -2.35. The molecule has 1 aliphatic carbocycles. The fourth-order valence-electron chi connectivity index (χ4n) is 2.61.